The zero-order chi connectivity index (χ0) is 7.90. The molecule has 1 aromatic rings. The molecule has 60 valence electrons. The first-order valence-electron chi connectivity index (χ1n) is 3.20. The Morgan fingerprint density at radius 2 is 1.91 bits per heavy atom. The van der Waals surface area contributed by atoms with Gasteiger partial charge in [0.1, 0.15) is 5.82 Å². The lowest BCUT2D eigenvalue weighted by atomic mass is 10.4. The van der Waals surface area contributed by atoms with Crippen LogP contribution in [0.15, 0.2) is 29.2 Å². The molecule has 0 amide bonds. The minimum absolute atomic E-state index is 0.211. The van der Waals surface area contributed by atoms with Gasteiger partial charge in [-0.1, -0.05) is 0 Å². The van der Waals surface area contributed by atoms with Gasteiger partial charge in [0.2, 0.25) is 0 Å². The highest BCUT2D eigenvalue weighted by Gasteiger charge is 2.35. The maximum Gasteiger partial charge on any atom is 0.123 e. The third-order valence-corrected chi connectivity index (χ3v) is 3.44. The zero-order valence-corrected chi connectivity index (χ0v) is 6.82. The van der Waals surface area contributed by atoms with E-state index in [1.807, 2.05) is 6.26 Å². The molecule has 0 radical (unpaired) electrons. The van der Waals surface area contributed by atoms with Gasteiger partial charge in [-0.15, -0.1) is 4.89 Å². The molecular formula is C7H8FNOS. The van der Waals surface area contributed by atoms with Gasteiger partial charge >= 0.3 is 0 Å². The van der Waals surface area contributed by atoms with Gasteiger partial charge in [0, 0.05) is 11.2 Å². The van der Waals surface area contributed by atoms with Crippen LogP contribution in [0.1, 0.15) is 0 Å². The van der Waals surface area contributed by atoms with Gasteiger partial charge in [-0.3, -0.25) is 0 Å². The van der Waals surface area contributed by atoms with Crippen LogP contribution in [0.2, 0.25) is 0 Å². The first kappa shape index (κ1) is 7.09. The molecule has 1 heterocycles. The van der Waals surface area contributed by atoms with E-state index in [0.29, 0.717) is 0 Å². The summed E-state index contributed by atoms with van der Waals surface area (Å²) in [6.45, 7) is 0. The molecule has 1 N–H and O–H groups in total. The molecule has 0 aromatic heterocycles. The highest BCUT2D eigenvalue weighted by atomic mass is 32.3. The van der Waals surface area contributed by atoms with Crippen molar-refractivity contribution in [1.29, 1.82) is 0 Å². The van der Waals surface area contributed by atoms with Crippen molar-refractivity contribution in [2.45, 2.75) is 4.90 Å². The van der Waals surface area contributed by atoms with Gasteiger partial charge in [-0.05, 0) is 34.8 Å². The van der Waals surface area contributed by atoms with E-state index < -0.39 is 10.5 Å². The van der Waals surface area contributed by atoms with E-state index in [0.717, 1.165) is 4.90 Å². The molecular weight excluding hydrogens is 165 g/mol. The maximum absolute atomic E-state index is 12.4. The summed E-state index contributed by atoms with van der Waals surface area (Å²) in [7, 11) is -1.19. The Kier molecular flexibility index (Phi) is 1.42. The van der Waals surface area contributed by atoms with Crippen molar-refractivity contribution in [3.8, 4) is 0 Å². The van der Waals surface area contributed by atoms with Crippen molar-refractivity contribution < 1.29 is 8.67 Å². The summed E-state index contributed by atoms with van der Waals surface area (Å²) in [6, 6.07) is 6.36. The van der Waals surface area contributed by atoms with Crippen molar-refractivity contribution in [3.63, 3.8) is 0 Å². The van der Waals surface area contributed by atoms with Gasteiger partial charge in [-0.25, -0.2) is 8.67 Å². The predicted molar refractivity (Wildman–Crippen MR) is 42.4 cm³/mol. The predicted octanol–water partition coefficient (Wildman–Crippen LogP) is 1.98. The second-order valence-electron chi connectivity index (χ2n) is 2.46. The quantitative estimate of drug-likeness (QED) is 0.659. The van der Waals surface area contributed by atoms with Gasteiger partial charge < -0.3 is 0 Å². The summed E-state index contributed by atoms with van der Waals surface area (Å²) in [5.74, 6) is -0.211. The first-order chi connectivity index (χ1) is 5.21. The number of hydrogen-bond acceptors (Lipinski definition) is 2. The second kappa shape index (κ2) is 2.20. The zero-order valence-electron chi connectivity index (χ0n) is 6.00. The average molecular weight is 173 g/mol. The molecule has 0 spiro atoms. The molecule has 0 bridgehead atoms. The van der Waals surface area contributed by atoms with Crippen LogP contribution in [-0.2, 0) is 4.28 Å². The van der Waals surface area contributed by atoms with Gasteiger partial charge in [0.25, 0.3) is 0 Å². The fourth-order valence-electron chi connectivity index (χ4n) is 0.842. The van der Waals surface area contributed by atoms with E-state index in [2.05, 4.69) is 4.89 Å². The van der Waals surface area contributed by atoms with Crippen LogP contribution in [0.3, 0.4) is 0 Å². The molecule has 1 saturated heterocycles. The molecule has 11 heavy (non-hydrogen) atoms. The van der Waals surface area contributed by atoms with E-state index >= 15 is 0 Å². The summed E-state index contributed by atoms with van der Waals surface area (Å²) in [6.07, 6.45) is 1.97. The smallest absolute Gasteiger partial charge is 0.123 e. The van der Waals surface area contributed by atoms with Crippen LogP contribution in [0.5, 0.6) is 0 Å². The third-order valence-electron chi connectivity index (χ3n) is 1.60. The molecule has 4 heteroatoms. The van der Waals surface area contributed by atoms with E-state index in [1.165, 1.54) is 12.1 Å². The molecule has 2 nitrogen and oxygen atoms in total. The first-order valence-corrected chi connectivity index (χ1v) is 5.16. The Hall–Kier alpha value is -0.580. The van der Waals surface area contributed by atoms with Crippen LogP contribution in [-0.4, -0.2) is 6.26 Å². The fourth-order valence-corrected chi connectivity index (χ4v) is 2.10. The van der Waals surface area contributed by atoms with E-state index in [-0.39, 0.29) is 5.82 Å². The highest BCUT2D eigenvalue weighted by Crippen LogP contribution is 2.60. The lowest BCUT2D eigenvalue weighted by molar-refractivity contribution is 0.468. The Labute approximate surface area is 66.0 Å². The second-order valence-corrected chi connectivity index (χ2v) is 4.96. The Morgan fingerprint density at radius 1 is 1.36 bits per heavy atom. The van der Waals surface area contributed by atoms with Gasteiger partial charge in [-0.2, -0.15) is 0 Å². The molecule has 1 aromatic carbocycles. The molecule has 1 unspecified atom stereocenters. The van der Waals surface area contributed by atoms with Gasteiger partial charge in [0.05, 0.1) is 0 Å². The SMILES string of the molecule is CS1(c2ccc(F)cc2)NO1. The monoisotopic (exact) mass is 173 g/mol. The molecule has 1 fully saturated rings. The molecule has 0 aliphatic carbocycles. The normalized spacial score (nSPS) is 34.4. The van der Waals surface area contributed by atoms with Crippen LogP contribution < -0.4 is 4.89 Å². The number of halogens is 1. The molecule has 1 aliphatic heterocycles. The Bertz CT molecular complexity index is 270. The largest absolute Gasteiger partial charge is 0.222 e. The summed E-state index contributed by atoms with van der Waals surface area (Å²) in [4.78, 5) is 3.83. The average Bonchev–Trinajstić information content (AvgIpc) is 2.70. The van der Waals surface area contributed by atoms with Crippen LogP contribution in [0, 0.1) is 5.82 Å². The van der Waals surface area contributed by atoms with Crippen molar-refractivity contribution in [3.05, 3.63) is 30.1 Å². The van der Waals surface area contributed by atoms with Crippen molar-refractivity contribution in [2.75, 3.05) is 6.26 Å². The molecule has 1 atom stereocenters. The number of nitrogens with one attached hydrogen (secondary N) is 1. The minimum atomic E-state index is -1.19. The molecule has 2 rings (SSSR count). The Balaban J connectivity index is 2.33. The van der Waals surface area contributed by atoms with E-state index in [1.54, 1.807) is 12.1 Å². The standard InChI is InChI=1S/C7H8FNOS/c1-11(9-10-11)7-4-2-6(8)3-5-7/h2-5,9H,1H3. The summed E-state index contributed by atoms with van der Waals surface area (Å²) in [5, 5.41) is 0. The van der Waals surface area contributed by atoms with E-state index in [9.17, 15) is 4.39 Å². The fraction of sp³-hybridized carbons (Fsp3) is 0.143. The molecule has 1 aliphatic rings. The van der Waals surface area contributed by atoms with Gasteiger partial charge in [0.15, 0.2) is 0 Å². The third kappa shape index (κ3) is 1.24. The summed E-state index contributed by atoms with van der Waals surface area (Å²) >= 11 is 0. The maximum atomic E-state index is 12.4. The molecule has 0 saturated carbocycles. The van der Waals surface area contributed by atoms with Crippen molar-refractivity contribution in [2.24, 2.45) is 0 Å². The Morgan fingerprint density at radius 3 is 2.36 bits per heavy atom. The minimum Gasteiger partial charge on any atom is -0.222 e. The lowest BCUT2D eigenvalue weighted by Gasteiger charge is -2.05. The summed E-state index contributed by atoms with van der Waals surface area (Å²) < 4.78 is 17.5. The topological polar surface area (TPSA) is 34.5 Å². The highest BCUT2D eigenvalue weighted by molar-refractivity contribution is 8.31. The van der Waals surface area contributed by atoms with Crippen molar-refractivity contribution in [1.82, 2.24) is 4.89 Å². The van der Waals surface area contributed by atoms with E-state index in [4.69, 9.17) is 4.28 Å². The number of benzene rings is 1. The van der Waals surface area contributed by atoms with Crippen LogP contribution in [0.4, 0.5) is 4.39 Å². The summed E-state index contributed by atoms with van der Waals surface area (Å²) in [5.41, 5.74) is 0. The van der Waals surface area contributed by atoms with Crippen LogP contribution in [0.25, 0.3) is 0 Å². The number of hydrogen-bond donors (Lipinski definition) is 1. The van der Waals surface area contributed by atoms with Crippen molar-refractivity contribution >= 4 is 10.5 Å². The lowest BCUT2D eigenvalue weighted by Crippen LogP contribution is -1.83. The van der Waals surface area contributed by atoms with Crippen LogP contribution >= 0.6 is 10.5 Å². The number of rotatable bonds is 1.